The normalized spacial score (nSPS) is 33.6. The Morgan fingerprint density at radius 2 is 1.41 bits per heavy atom. The fourth-order valence-corrected chi connectivity index (χ4v) is 6.91. The highest BCUT2D eigenvalue weighted by atomic mass is 14.3. The summed E-state index contributed by atoms with van der Waals surface area (Å²) in [5.41, 5.74) is 2.69. The van der Waals surface area contributed by atoms with Crippen LogP contribution in [-0.4, -0.2) is 0 Å². The topological polar surface area (TPSA) is 0 Å². The largest absolute Gasteiger partial charge is 0.0730 e. The van der Waals surface area contributed by atoms with Crippen molar-refractivity contribution < 1.29 is 0 Å². The van der Waals surface area contributed by atoms with E-state index in [1.54, 1.807) is 0 Å². The number of hydrogen-bond acceptors (Lipinski definition) is 0. The smallest absolute Gasteiger partial charge is 0.0249 e. The lowest BCUT2D eigenvalue weighted by atomic mass is 9.69. The van der Waals surface area contributed by atoms with Crippen LogP contribution in [0.3, 0.4) is 0 Å². The van der Waals surface area contributed by atoms with E-state index in [1.165, 1.54) is 95.5 Å². The van der Waals surface area contributed by atoms with Gasteiger partial charge < -0.3 is 0 Å². The summed E-state index contributed by atoms with van der Waals surface area (Å²) in [6, 6.07) is 9.16. The fourth-order valence-electron chi connectivity index (χ4n) is 6.91. The summed E-state index contributed by atoms with van der Waals surface area (Å²) in [4.78, 5) is 0. The van der Waals surface area contributed by atoms with E-state index in [0.29, 0.717) is 0 Å². The van der Waals surface area contributed by atoms with Gasteiger partial charge in [-0.15, -0.1) is 0 Å². The van der Waals surface area contributed by atoms with E-state index in [-0.39, 0.29) is 0 Å². The molecule has 0 radical (unpaired) electrons. The molecule has 32 heavy (non-hydrogen) atoms. The lowest BCUT2D eigenvalue weighted by Crippen LogP contribution is -2.24. The summed E-state index contributed by atoms with van der Waals surface area (Å²) in [6.07, 6.45) is 24.5. The minimum Gasteiger partial charge on any atom is -0.0730 e. The van der Waals surface area contributed by atoms with Gasteiger partial charge in [-0.2, -0.15) is 0 Å². The van der Waals surface area contributed by atoms with E-state index < -0.39 is 0 Å². The fraction of sp³-hybridized carbons (Fsp3) is 0.688. The number of hydrogen-bond donors (Lipinski definition) is 0. The van der Waals surface area contributed by atoms with Crippen LogP contribution in [0.2, 0.25) is 0 Å². The number of benzene rings is 1. The van der Waals surface area contributed by atoms with Crippen molar-refractivity contribution in [2.45, 2.75) is 110 Å². The average Bonchev–Trinajstić information content (AvgIpc) is 2.84. The second kappa shape index (κ2) is 12.1. The molecule has 3 fully saturated rings. The van der Waals surface area contributed by atoms with Gasteiger partial charge >= 0.3 is 0 Å². The maximum Gasteiger partial charge on any atom is 0.0249 e. The van der Waals surface area contributed by atoms with E-state index in [9.17, 15) is 0 Å². The first-order valence-electron chi connectivity index (χ1n) is 14.0. The van der Waals surface area contributed by atoms with Crippen molar-refractivity contribution in [2.24, 2.45) is 29.6 Å². The molecule has 3 aliphatic carbocycles. The maximum atomic E-state index is 3.37. The van der Waals surface area contributed by atoms with Crippen molar-refractivity contribution >= 4 is 0 Å². The molecule has 0 atom stereocenters. The number of rotatable bonds is 5. The molecular weight excluding hydrogens is 384 g/mol. The van der Waals surface area contributed by atoms with Gasteiger partial charge in [0.15, 0.2) is 0 Å². The van der Waals surface area contributed by atoms with Crippen LogP contribution in [0.15, 0.2) is 36.4 Å². The van der Waals surface area contributed by atoms with Crippen molar-refractivity contribution in [3.63, 3.8) is 0 Å². The average molecular weight is 431 g/mol. The Bertz CT molecular complexity index is 748. The van der Waals surface area contributed by atoms with E-state index in [1.807, 2.05) is 0 Å². The molecule has 0 nitrogen and oxygen atoms in total. The van der Waals surface area contributed by atoms with Gasteiger partial charge in [0.2, 0.25) is 0 Å². The lowest BCUT2D eigenvalue weighted by molar-refractivity contribution is 0.160. The molecule has 0 aromatic heterocycles. The van der Waals surface area contributed by atoms with Gasteiger partial charge in [-0.05, 0) is 123 Å². The van der Waals surface area contributed by atoms with E-state index in [4.69, 9.17) is 0 Å². The Morgan fingerprint density at radius 3 is 2.03 bits per heavy atom. The molecule has 0 heteroatoms. The molecule has 0 N–H and O–H groups in total. The standard InChI is InChI=1S/C32H46/c1-3-6-26-11-19-31(20-12-26)32-23-15-28(16-24-32)8-5-4-7-27-13-21-30(22-14-27)29-17-9-25(2)10-18-29/h4,7,15-16,23-27,29-31H,3,6,9-14,17-22H2,1-2H3/b7-4+/t25-,26-,27?,29-,30?,31-. The first-order valence-corrected chi connectivity index (χ1v) is 14.0. The maximum absolute atomic E-state index is 3.37. The predicted molar refractivity (Wildman–Crippen MR) is 139 cm³/mol. The highest BCUT2D eigenvalue weighted by Crippen LogP contribution is 2.41. The first-order chi connectivity index (χ1) is 15.7. The first kappa shape index (κ1) is 23.7. The van der Waals surface area contributed by atoms with Gasteiger partial charge in [0.1, 0.15) is 0 Å². The second-order valence-corrected chi connectivity index (χ2v) is 11.5. The van der Waals surface area contributed by atoms with Crippen LogP contribution in [0, 0.1) is 41.4 Å². The Balaban J connectivity index is 1.19. The third-order valence-corrected chi connectivity index (χ3v) is 9.14. The molecule has 3 aliphatic rings. The molecule has 0 heterocycles. The molecule has 0 aliphatic heterocycles. The van der Waals surface area contributed by atoms with Gasteiger partial charge in [-0.25, -0.2) is 0 Å². The minimum absolute atomic E-state index is 0.758. The van der Waals surface area contributed by atoms with Crippen LogP contribution in [0.1, 0.15) is 121 Å². The van der Waals surface area contributed by atoms with Gasteiger partial charge in [0.05, 0.1) is 0 Å². The molecule has 0 amide bonds. The Morgan fingerprint density at radius 1 is 0.781 bits per heavy atom. The van der Waals surface area contributed by atoms with Crippen molar-refractivity contribution in [3.05, 3.63) is 47.5 Å². The quantitative estimate of drug-likeness (QED) is 0.408. The van der Waals surface area contributed by atoms with Crippen LogP contribution in [0.4, 0.5) is 0 Å². The molecule has 0 spiro atoms. The highest BCUT2D eigenvalue weighted by Gasteiger charge is 2.29. The van der Waals surface area contributed by atoms with Gasteiger partial charge in [-0.1, -0.05) is 69.6 Å². The Kier molecular flexibility index (Phi) is 8.96. The van der Waals surface area contributed by atoms with Crippen LogP contribution in [0.5, 0.6) is 0 Å². The SMILES string of the molecule is CCC[C@H]1CC[C@H](c2ccc(C#C/C=C/C3CCC([C@H]4CC[C@H](C)CC4)CC3)cc2)CC1. The second-order valence-electron chi connectivity index (χ2n) is 11.5. The number of allylic oxidation sites excluding steroid dienone is 2. The molecule has 4 rings (SSSR count). The molecule has 0 bridgehead atoms. The molecular formula is C32H46. The zero-order valence-electron chi connectivity index (χ0n) is 20.8. The molecule has 3 saturated carbocycles. The molecule has 1 aromatic rings. The third kappa shape index (κ3) is 6.76. The van der Waals surface area contributed by atoms with Crippen molar-refractivity contribution in [1.29, 1.82) is 0 Å². The Labute approximate surface area is 198 Å². The van der Waals surface area contributed by atoms with E-state index >= 15 is 0 Å². The molecule has 0 saturated heterocycles. The van der Waals surface area contributed by atoms with Crippen LogP contribution in [0.25, 0.3) is 0 Å². The summed E-state index contributed by atoms with van der Waals surface area (Å²) < 4.78 is 0. The monoisotopic (exact) mass is 430 g/mol. The highest BCUT2D eigenvalue weighted by molar-refractivity contribution is 5.39. The zero-order chi connectivity index (χ0) is 22.2. The van der Waals surface area contributed by atoms with Crippen LogP contribution < -0.4 is 0 Å². The van der Waals surface area contributed by atoms with Gasteiger partial charge in [-0.3, -0.25) is 0 Å². The van der Waals surface area contributed by atoms with Crippen LogP contribution in [-0.2, 0) is 0 Å². The van der Waals surface area contributed by atoms with Crippen LogP contribution >= 0.6 is 0 Å². The molecule has 1 aromatic carbocycles. The summed E-state index contributed by atoms with van der Waals surface area (Å²) in [5, 5.41) is 0. The zero-order valence-corrected chi connectivity index (χ0v) is 20.8. The van der Waals surface area contributed by atoms with Crippen molar-refractivity contribution in [2.75, 3.05) is 0 Å². The summed E-state index contributed by atoms with van der Waals surface area (Å²) in [5.74, 6) is 12.2. The summed E-state index contributed by atoms with van der Waals surface area (Å²) in [6.45, 7) is 4.76. The lowest BCUT2D eigenvalue weighted by Gasteiger charge is -2.36. The molecule has 174 valence electrons. The summed E-state index contributed by atoms with van der Waals surface area (Å²) in [7, 11) is 0. The third-order valence-electron chi connectivity index (χ3n) is 9.14. The van der Waals surface area contributed by atoms with E-state index in [0.717, 1.165) is 41.1 Å². The minimum atomic E-state index is 0.758. The van der Waals surface area contributed by atoms with Crippen molar-refractivity contribution in [1.82, 2.24) is 0 Å². The van der Waals surface area contributed by atoms with E-state index in [2.05, 4.69) is 62.1 Å². The molecule has 0 unspecified atom stereocenters. The Hall–Kier alpha value is -1.48. The van der Waals surface area contributed by atoms with Crippen molar-refractivity contribution in [3.8, 4) is 11.8 Å². The van der Waals surface area contributed by atoms with Gasteiger partial charge in [0, 0.05) is 5.56 Å². The predicted octanol–water partition coefficient (Wildman–Crippen LogP) is 9.30. The van der Waals surface area contributed by atoms with Gasteiger partial charge in [0.25, 0.3) is 0 Å². The summed E-state index contributed by atoms with van der Waals surface area (Å²) >= 11 is 0.